The van der Waals surface area contributed by atoms with Crippen molar-refractivity contribution in [2.24, 2.45) is 5.92 Å². The Bertz CT molecular complexity index is 1180. The van der Waals surface area contributed by atoms with Crippen molar-refractivity contribution in [2.75, 3.05) is 26.8 Å². The molecule has 1 saturated heterocycles. The van der Waals surface area contributed by atoms with Gasteiger partial charge in [-0.3, -0.25) is 14.4 Å². The molecule has 2 aromatic carbocycles. The fraction of sp³-hybridized carbons (Fsp3) is 0.464. The lowest BCUT2D eigenvalue weighted by atomic mass is 9.86. The first kappa shape index (κ1) is 25.8. The molecule has 0 aromatic heterocycles. The molecule has 3 amide bonds. The number of hydrogen-bond donors (Lipinski definition) is 3. The molecule has 10 heteroatoms. The van der Waals surface area contributed by atoms with E-state index in [2.05, 4.69) is 10.6 Å². The minimum absolute atomic E-state index is 0.0376. The van der Waals surface area contributed by atoms with Gasteiger partial charge in [-0.05, 0) is 61.6 Å². The van der Waals surface area contributed by atoms with Crippen LogP contribution in [0.1, 0.15) is 41.6 Å². The lowest BCUT2D eigenvalue weighted by Gasteiger charge is -2.28. The lowest BCUT2D eigenvalue weighted by Crippen LogP contribution is -2.45. The van der Waals surface area contributed by atoms with E-state index in [0.29, 0.717) is 62.4 Å². The summed E-state index contributed by atoms with van der Waals surface area (Å²) in [6.07, 6.45) is 1.78. The van der Waals surface area contributed by atoms with Gasteiger partial charge >= 0.3 is 0 Å². The maximum atomic E-state index is 13.3. The summed E-state index contributed by atoms with van der Waals surface area (Å²) < 4.78 is 17.3. The molecule has 2 atom stereocenters. The van der Waals surface area contributed by atoms with Crippen molar-refractivity contribution in [3.63, 3.8) is 0 Å². The van der Waals surface area contributed by atoms with Crippen molar-refractivity contribution in [3.05, 3.63) is 53.6 Å². The highest BCUT2D eigenvalue weighted by Gasteiger charge is 2.40. The first-order valence-corrected chi connectivity index (χ1v) is 13.0. The lowest BCUT2D eigenvalue weighted by molar-refractivity contribution is -0.136. The number of aliphatic hydroxyl groups excluding tert-OH is 1. The molecule has 3 N–H and O–H groups in total. The first-order chi connectivity index (χ1) is 18.4. The summed E-state index contributed by atoms with van der Waals surface area (Å²) in [5.41, 5.74) is 1.22. The molecule has 1 aliphatic carbocycles. The van der Waals surface area contributed by atoms with Gasteiger partial charge in [-0.25, -0.2) is 0 Å². The minimum Gasteiger partial charge on any atom is -0.493 e. The van der Waals surface area contributed by atoms with Crippen LogP contribution in [0.15, 0.2) is 42.5 Å². The highest BCUT2D eigenvalue weighted by Crippen LogP contribution is 2.30. The Morgan fingerprint density at radius 3 is 2.55 bits per heavy atom. The Hall–Kier alpha value is -3.79. The van der Waals surface area contributed by atoms with Crippen LogP contribution in [0, 0.1) is 5.92 Å². The molecule has 2 aromatic rings. The second-order valence-electron chi connectivity index (χ2n) is 10.1. The average Bonchev–Trinajstić information content (AvgIpc) is 3.32. The van der Waals surface area contributed by atoms with E-state index < -0.39 is 12.1 Å². The Labute approximate surface area is 221 Å². The van der Waals surface area contributed by atoms with Crippen LogP contribution in [-0.2, 0) is 16.1 Å². The van der Waals surface area contributed by atoms with Crippen LogP contribution in [0.3, 0.4) is 0 Å². The third kappa shape index (κ3) is 5.85. The molecule has 38 heavy (non-hydrogen) atoms. The fourth-order valence-electron chi connectivity index (χ4n) is 5.23. The number of carbonyl (C=O) groups is 3. The van der Waals surface area contributed by atoms with Crippen LogP contribution < -0.4 is 24.8 Å². The fourth-order valence-corrected chi connectivity index (χ4v) is 5.23. The number of aliphatic hydroxyl groups is 1. The van der Waals surface area contributed by atoms with Gasteiger partial charge < -0.3 is 34.9 Å². The van der Waals surface area contributed by atoms with E-state index >= 15 is 0 Å². The zero-order chi connectivity index (χ0) is 26.6. The number of likely N-dealkylation sites (tertiary alicyclic amines) is 1. The van der Waals surface area contributed by atoms with E-state index in [9.17, 15) is 19.5 Å². The molecule has 4 aliphatic rings. The Balaban J connectivity index is 1.40. The van der Waals surface area contributed by atoms with Crippen LogP contribution in [0.25, 0.3) is 0 Å². The average molecular weight is 524 g/mol. The molecule has 0 spiro atoms. The maximum Gasteiger partial charge on any atom is 0.258 e. The number of benzene rings is 2. The third-order valence-corrected chi connectivity index (χ3v) is 7.43. The van der Waals surface area contributed by atoms with Gasteiger partial charge in [0.15, 0.2) is 18.1 Å². The van der Waals surface area contributed by atoms with Gasteiger partial charge in [0.2, 0.25) is 5.91 Å². The van der Waals surface area contributed by atoms with E-state index in [1.165, 1.54) is 13.2 Å². The molecule has 202 valence electrons. The van der Waals surface area contributed by atoms with Crippen molar-refractivity contribution < 1.29 is 33.7 Å². The number of carbonyl (C=O) groups excluding carboxylic acids is 3. The standard InChI is InChI=1S/C28H33N3O7/c1-36-23-11-6-19-12-24(23)37-16-26(33)29-13-17-2-9-21(10-3-17)38-25-15-31(14-22(25)30-27(19)34)28(35)18-4-7-20(32)8-5-18/h2-3,6,9-12,18,20,22,25,32H,4-5,7-8,13-16H2,1H3,(H,29,33)(H,30,34)/t18?,20?,22-,25-/m0/s1. The van der Waals surface area contributed by atoms with Crippen LogP contribution in [0.5, 0.6) is 17.2 Å². The molecule has 10 nitrogen and oxygen atoms in total. The molecule has 0 radical (unpaired) electrons. The molecular formula is C28H33N3O7. The number of methoxy groups -OCH3 is 1. The summed E-state index contributed by atoms with van der Waals surface area (Å²) in [4.78, 5) is 40.7. The number of nitrogens with zero attached hydrogens (tertiary/aromatic N) is 1. The van der Waals surface area contributed by atoms with Gasteiger partial charge in [-0.1, -0.05) is 12.1 Å². The summed E-state index contributed by atoms with van der Waals surface area (Å²) in [6, 6.07) is 11.7. The van der Waals surface area contributed by atoms with Gasteiger partial charge in [0.25, 0.3) is 11.8 Å². The SMILES string of the molecule is COc1ccc2cc1OCC(=O)NCc1ccc(cc1)O[C@H]1CN(C(=O)C3CCC(O)CC3)C[C@@H]1NC2=O. The normalized spacial score (nSPS) is 25.8. The number of ether oxygens (including phenoxy) is 3. The highest BCUT2D eigenvalue weighted by molar-refractivity contribution is 5.95. The van der Waals surface area contributed by atoms with Crippen molar-refractivity contribution in [2.45, 2.75) is 50.5 Å². The van der Waals surface area contributed by atoms with E-state index in [1.54, 1.807) is 17.0 Å². The molecule has 2 fully saturated rings. The van der Waals surface area contributed by atoms with Crippen LogP contribution >= 0.6 is 0 Å². The van der Waals surface area contributed by atoms with Crippen LogP contribution in [-0.4, -0.2) is 72.8 Å². The Morgan fingerprint density at radius 2 is 1.82 bits per heavy atom. The minimum atomic E-state index is -0.452. The van der Waals surface area contributed by atoms with Gasteiger partial charge in [-0.2, -0.15) is 0 Å². The van der Waals surface area contributed by atoms with Crippen molar-refractivity contribution >= 4 is 17.7 Å². The van der Waals surface area contributed by atoms with E-state index in [1.807, 2.05) is 24.3 Å². The van der Waals surface area contributed by atoms with Gasteiger partial charge in [0, 0.05) is 24.6 Å². The second-order valence-corrected chi connectivity index (χ2v) is 10.1. The summed E-state index contributed by atoms with van der Waals surface area (Å²) in [5, 5.41) is 15.7. The molecule has 3 heterocycles. The summed E-state index contributed by atoms with van der Waals surface area (Å²) in [5.74, 6) is 0.538. The third-order valence-electron chi connectivity index (χ3n) is 7.43. The largest absolute Gasteiger partial charge is 0.493 e. The summed E-state index contributed by atoms with van der Waals surface area (Å²) in [6.45, 7) is 0.759. The summed E-state index contributed by atoms with van der Waals surface area (Å²) >= 11 is 0. The smallest absolute Gasteiger partial charge is 0.258 e. The van der Waals surface area contributed by atoms with Gasteiger partial charge in [0.1, 0.15) is 11.9 Å². The molecule has 3 aliphatic heterocycles. The zero-order valence-electron chi connectivity index (χ0n) is 21.4. The Morgan fingerprint density at radius 1 is 1.05 bits per heavy atom. The van der Waals surface area contributed by atoms with Gasteiger partial charge in [0.05, 0.1) is 25.8 Å². The van der Waals surface area contributed by atoms with Crippen LogP contribution in [0.4, 0.5) is 0 Å². The number of fused-ring (bicyclic) bond motifs is 7. The highest BCUT2D eigenvalue weighted by atomic mass is 16.5. The topological polar surface area (TPSA) is 126 Å². The molecule has 4 bridgehead atoms. The molecule has 1 saturated carbocycles. The van der Waals surface area contributed by atoms with E-state index in [-0.39, 0.29) is 42.1 Å². The number of rotatable bonds is 2. The maximum absolute atomic E-state index is 13.3. The van der Waals surface area contributed by atoms with Crippen LogP contribution in [0.2, 0.25) is 0 Å². The van der Waals surface area contributed by atoms with Crippen molar-refractivity contribution in [1.82, 2.24) is 15.5 Å². The summed E-state index contributed by atoms with van der Waals surface area (Å²) in [7, 11) is 1.49. The second kappa shape index (κ2) is 11.3. The monoisotopic (exact) mass is 523 g/mol. The van der Waals surface area contributed by atoms with Crippen molar-refractivity contribution in [3.8, 4) is 17.2 Å². The Kier molecular flexibility index (Phi) is 7.69. The number of nitrogens with one attached hydrogen (secondary N) is 2. The quantitative estimate of drug-likeness (QED) is 0.546. The molecular weight excluding hydrogens is 490 g/mol. The van der Waals surface area contributed by atoms with E-state index in [0.717, 1.165) is 5.56 Å². The predicted octanol–water partition coefficient (Wildman–Crippen LogP) is 1.64. The predicted molar refractivity (Wildman–Crippen MR) is 137 cm³/mol. The van der Waals surface area contributed by atoms with Crippen molar-refractivity contribution in [1.29, 1.82) is 0 Å². The number of amides is 3. The number of hydrogen-bond acceptors (Lipinski definition) is 7. The molecule has 6 rings (SSSR count). The van der Waals surface area contributed by atoms with Gasteiger partial charge in [-0.15, -0.1) is 0 Å². The first-order valence-electron chi connectivity index (χ1n) is 13.0. The molecule has 0 unspecified atom stereocenters. The van der Waals surface area contributed by atoms with E-state index in [4.69, 9.17) is 14.2 Å². The zero-order valence-corrected chi connectivity index (χ0v) is 21.4.